The van der Waals surface area contributed by atoms with Crippen LogP contribution in [-0.2, 0) is 6.18 Å². The number of carbonyl (C=O) groups excluding carboxylic acids is 1. The normalized spacial score (nSPS) is 11.0. The third kappa shape index (κ3) is 5.69. The number of hydrogen-bond acceptors (Lipinski definition) is 6. The van der Waals surface area contributed by atoms with Crippen LogP contribution in [0.1, 0.15) is 15.9 Å². The minimum atomic E-state index is -4.74. The van der Waals surface area contributed by atoms with E-state index in [1.165, 1.54) is 18.3 Å². The maximum atomic E-state index is 12.8. The summed E-state index contributed by atoms with van der Waals surface area (Å²) in [6.45, 7) is 0. The Bertz CT molecular complexity index is 1120. The van der Waals surface area contributed by atoms with Crippen molar-refractivity contribution in [3.8, 4) is 11.6 Å². The fourth-order valence-electron chi connectivity index (χ4n) is 2.39. The third-order valence-electron chi connectivity index (χ3n) is 3.85. The molecule has 0 bridgehead atoms. The van der Waals surface area contributed by atoms with Gasteiger partial charge in [-0.15, -0.1) is 0 Å². The van der Waals surface area contributed by atoms with Crippen molar-refractivity contribution in [2.24, 2.45) is 0 Å². The molecular formula is C19H12BrF3N4O4. The van der Waals surface area contributed by atoms with Crippen molar-refractivity contribution in [2.75, 3.05) is 5.43 Å². The van der Waals surface area contributed by atoms with Gasteiger partial charge in [0.2, 0.25) is 5.88 Å². The predicted molar refractivity (Wildman–Crippen MR) is 108 cm³/mol. The molecule has 0 atom stereocenters. The molecule has 0 spiro atoms. The zero-order chi connectivity index (χ0) is 22.6. The Morgan fingerprint density at radius 3 is 2.52 bits per heavy atom. The Hall–Kier alpha value is -3.67. The molecule has 2 N–H and O–H groups in total. The van der Waals surface area contributed by atoms with Gasteiger partial charge in [-0.3, -0.25) is 25.8 Å². The van der Waals surface area contributed by atoms with Crippen LogP contribution in [-0.4, -0.2) is 15.8 Å². The van der Waals surface area contributed by atoms with Crippen LogP contribution in [0.4, 0.5) is 24.5 Å². The largest absolute Gasteiger partial charge is 0.439 e. The molecule has 0 saturated heterocycles. The lowest BCUT2D eigenvalue weighted by molar-refractivity contribution is -0.384. The highest BCUT2D eigenvalue weighted by Gasteiger charge is 2.33. The number of amides is 1. The summed E-state index contributed by atoms with van der Waals surface area (Å²) >= 11 is 3.31. The summed E-state index contributed by atoms with van der Waals surface area (Å²) in [7, 11) is 0. The highest BCUT2D eigenvalue weighted by molar-refractivity contribution is 9.10. The number of pyridine rings is 1. The number of aromatic nitrogens is 1. The van der Waals surface area contributed by atoms with E-state index in [1.54, 1.807) is 18.2 Å². The lowest BCUT2D eigenvalue weighted by Crippen LogP contribution is -2.29. The van der Waals surface area contributed by atoms with Crippen LogP contribution < -0.4 is 15.6 Å². The number of hydrazine groups is 1. The fraction of sp³-hybridized carbons (Fsp3) is 0.0526. The summed E-state index contributed by atoms with van der Waals surface area (Å²) in [6.07, 6.45) is -3.52. The van der Waals surface area contributed by atoms with Gasteiger partial charge < -0.3 is 4.74 Å². The Morgan fingerprint density at radius 2 is 1.90 bits per heavy atom. The van der Waals surface area contributed by atoms with Crippen LogP contribution in [0.5, 0.6) is 11.6 Å². The number of carbonyl (C=O) groups is 1. The van der Waals surface area contributed by atoms with Gasteiger partial charge in [-0.05, 0) is 36.4 Å². The lowest BCUT2D eigenvalue weighted by Gasteiger charge is -2.11. The standard InChI is InChI=1S/C19H12BrF3N4O4/c20-13-2-1-3-14(9-13)31-17-7-4-11(10-24-17)18(28)26-25-15-6-5-12(19(21,22)23)8-16(15)27(29)30/h1-10,25H,(H,26,28). The predicted octanol–water partition coefficient (Wildman–Crippen LogP) is 5.32. The average molecular weight is 497 g/mol. The van der Waals surface area contributed by atoms with Crippen LogP contribution in [0.3, 0.4) is 0 Å². The minimum absolute atomic E-state index is 0.0867. The first-order valence-corrected chi connectivity index (χ1v) is 9.24. The Morgan fingerprint density at radius 1 is 1.13 bits per heavy atom. The second-order valence-electron chi connectivity index (χ2n) is 6.01. The van der Waals surface area contributed by atoms with Crippen LogP contribution in [0, 0.1) is 10.1 Å². The molecule has 12 heteroatoms. The van der Waals surface area contributed by atoms with Gasteiger partial charge in [-0.25, -0.2) is 4.98 Å². The van der Waals surface area contributed by atoms with Gasteiger partial charge in [-0.2, -0.15) is 13.2 Å². The molecule has 31 heavy (non-hydrogen) atoms. The summed E-state index contributed by atoms with van der Waals surface area (Å²) in [5.74, 6) is 0.0343. The molecule has 1 heterocycles. The molecule has 1 amide bonds. The molecule has 0 saturated carbocycles. The first-order valence-electron chi connectivity index (χ1n) is 8.45. The van der Waals surface area contributed by atoms with Gasteiger partial charge in [0, 0.05) is 22.8 Å². The number of nitro groups is 1. The van der Waals surface area contributed by atoms with E-state index in [0.717, 1.165) is 10.5 Å². The Kier molecular flexibility index (Phi) is 6.39. The minimum Gasteiger partial charge on any atom is -0.439 e. The van der Waals surface area contributed by atoms with Gasteiger partial charge in [-0.1, -0.05) is 22.0 Å². The smallest absolute Gasteiger partial charge is 0.416 e. The van der Waals surface area contributed by atoms with E-state index < -0.39 is 28.3 Å². The molecule has 0 aliphatic rings. The van der Waals surface area contributed by atoms with E-state index in [1.807, 2.05) is 6.07 Å². The number of nitro benzene ring substituents is 1. The number of nitrogens with one attached hydrogen (secondary N) is 2. The zero-order valence-corrected chi connectivity index (χ0v) is 16.9. The molecule has 0 aliphatic heterocycles. The number of alkyl halides is 3. The van der Waals surface area contributed by atoms with Crippen molar-refractivity contribution in [1.29, 1.82) is 0 Å². The number of hydrogen-bond donors (Lipinski definition) is 2. The zero-order valence-electron chi connectivity index (χ0n) is 15.3. The van der Waals surface area contributed by atoms with E-state index in [-0.39, 0.29) is 17.1 Å². The van der Waals surface area contributed by atoms with Gasteiger partial charge in [0.1, 0.15) is 11.4 Å². The Labute approximate surface area is 181 Å². The first-order chi connectivity index (χ1) is 14.6. The second kappa shape index (κ2) is 9.00. The van der Waals surface area contributed by atoms with E-state index in [0.29, 0.717) is 17.9 Å². The van der Waals surface area contributed by atoms with Crippen LogP contribution >= 0.6 is 15.9 Å². The van der Waals surface area contributed by atoms with Crippen molar-refractivity contribution in [3.05, 3.63) is 86.5 Å². The molecule has 3 aromatic rings. The summed E-state index contributed by atoms with van der Waals surface area (Å²) in [4.78, 5) is 26.3. The SMILES string of the molecule is O=C(NNc1ccc(C(F)(F)F)cc1[N+](=O)[O-])c1ccc(Oc2cccc(Br)c2)nc1. The summed E-state index contributed by atoms with van der Waals surface area (Å²) in [6, 6.07) is 11.8. The molecule has 160 valence electrons. The van der Waals surface area contributed by atoms with Crippen molar-refractivity contribution in [1.82, 2.24) is 10.4 Å². The highest BCUT2D eigenvalue weighted by Crippen LogP contribution is 2.34. The van der Waals surface area contributed by atoms with E-state index in [4.69, 9.17) is 4.74 Å². The van der Waals surface area contributed by atoms with Crippen LogP contribution in [0.25, 0.3) is 0 Å². The van der Waals surface area contributed by atoms with Crippen molar-refractivity contribution >= 4 is 33.2 Å². The number of nitrogens with zero attached hydrogens (tertiary/aromatic N) is 2. The molecule has 0 unspecified atom stereocenters. The van der Waals surface area contributed by atoms with Crippen LogP contribution in [0.15, 0.2) is 65.3 Å². The quantitative estimate of drug-likeness (QED) is 0.353. The van der Waals surface area contributed by atoms with Crippen molar-refractivity contribution < 1.29 is 27.6 Å². The summed E-state index contributed by atoms with van der Waals surface area (Å²) in [5, 5.41) is 11.1. The third-order valence-corrected chi connectivity index (χ3v) is 4.34. The monoisotopic (exact) mass is 496 g/mol. The van der Waals surface area contributed by atoms with E-state index in [9.17, 15) is 28.1 Å². The number of ether oxygens (including phenoxy) is 1. The van der Waals surface area contributed by atoms with Crippen molar-refractivity contribution in [2.45, 2.75) is 6.18 Å². The summed E-state index contributed by atoms with van der Waals surface area (Å²) in [5.41, 5.74) is 2.20. The molecule has 2 aromatic carbocycles. The maximum Gasteiger partial charge on any atom is 0.416 e. The summed E-state index contributed by atoms with van der Waals surface area (Å²) < 4.78 is 44.6. The van der Waals surface area contributed by atoms with E-state index in [2.05, 4.69) is 31.8 Å². The molecule has 8 nitrogen and oxygen atoms in total. The second-order valence-corrected chi connectivity index (χ2v) is 6.93. The molecule has 0 aliphatic carbocycles. The van der Waals surface area contributed by atoms with Crippen molar-refractivity contribution in [3.63, 3.8) is 0 Å². The molecule has 1 aromatic heterocycles. The molecule has 0 radical (unpaired) electrons. The number of anilines is 1. The lowest BCUT2D eigenvalue weighted by atomic mass is 10.1. The molecule has 3 rings (SSSR count). The van der Waals surface area contributed by atoms with Gasteiger partial charge in [0.05, 0.1) is 16.1 Å². The molecule has 0 fully saturated rings. The van der Waals surface area contributed by atoms with Gasteiger partial charge >= 0.3 is 6.18 Å². The van der Waals surface area contributed by atoms with E-state index >= 15 is 0 Å². The Balaban J connectivity index is 1.67. The van der Waals surface area contributed by atoms with Crippen LogP contribution in [0.2, 0.25) is 0 Å². The highest BCUT2D eigenvalue weighted by atomic mass is 79.9. The number of rotatable bonds is 6. The van der Waals surface area contributed by atoms with Gasteiger partial charge in [0.15, 0.2) is 0 Å². The number of benzene rings is 2. The fourth-order valence-corrected chi connectivity index (χ4v) is 2.77. The first kappa shape index (κ1) is 22.0. The number of halogens is 4. The molecular weight excluding hydrogens is 485 g/mol. The average Bonchev–Trinajstić information content (AvgIpc) is 2.71. The van der Waals surface area contributed by atoms with Gasteiger partial charge in [0.25, 0.3) is 11.6 Å². The maximum absolute atomic E-state index is 12.8. The topological polar surface area (TPSA) is 106 Å².